The van der Waals surface area contributed by atoms with Gasteiger partial charge in [0.05, 0.1) is 12.1 Å². The number of benzene rings is 2. The highest BCUT2D eigenvalue weighted by molar-refractivity contribution is 5.90. The van der Waals surface area contributed by atoms with Crippen LogP contribution >= 0.6 is 0 Å². The van der Waals surface area contributed by atoms with Crippen molar-refractivity contribution in [3.8, 4) is 0 Å². The first-order valence-electron chi connectivity index (χ1n) is 24.1. The molecular formula is C52H84N6O10. The van der Waals surface area contributed by atoms with Crippen LogP contribution in [0.4, 0.5) is 11.4 Å². The maximum absolute atomic E-state index is 14.6. The van der Waals surface area contributed by atoms with Crippen LogP contribution in [0.15, 0.2) is 48.5 Å². The molecule has 8 atom stereocenters. The Balaban J connectivity index is 2.43. The summed E-state index contributed by atoms with van der Waals surface area (Å²) in [6, 6.07) is 10.6. The van der Waals surface area contributed by atoms with Crippen molar-refractivity contribution in [2.45, 2.75) is 156 Å². The van der Waals surface area contributed by atoms with Gasteiger partial charge in [-0.1, -0.05) is 91.8 Å². The first kappa shape index (κ1) is 59.1. The topological polar surface area (TPSA) is 215 Å². The van der Waals surface area contributed by atoms with Crippen molar-refractivity contribution < 1.29 is 48.1 Å². The van der Waals surface area contributed by atoms with Crippen molar-refractivity contribution in [1.29, 1.82) is 0 Å². The predicted molar refractivity (Wildman–Crippen MR) is 266 cm³/mol. The van der Waals surface area contributed by atoms with Crippen molar-refractivity contribution >= 4 is 47.4 Å². The first-order chi connectivity index (χ1) is 31.8. The zero-order chi connectivity index (χ0) is 51.6. The molecular weight excluding hydrogens is 869 g/mol. The number of carbonyl (C=O) groups excluding carboxylic acids is 6. The molecule has 2 aromatic rings. The van der Waals surface area contributed by atoms with E-state index in [1.54, 1.807) is 86.3 Å². The van der Waals surface area contributed by atoms with E-state index in [0.717, 1.165) is 6.29 Å². The summed E-state index contributed by atoms with van der Waals surface area (Å²) in [6.45, 7) is 19.2. The van der Waals surface area contributed by atoms with Gasteiger partial charge in [0.2, 0.25) is 0 Å². The van der Waals surface area contributed by atoms with Crippen LogP contribution in [-0.2, 0) is 55.8 Å². The van der Waals surface area contributed by atoms with Crippen LogP contribution in [0.25, 0.3) is 0 Å². The fourth-order valence-electron chi connectivity index (χ4n) is 8.25. The van der Waals surface area contributed by atoms with E-state index in [2.05, 4.69) is 0 Å². The van der Waals surface area contributed by atoms with E-state index >= 15 is 0 Å². The van der Waals surface area contributed by atoms with Crippen molar-refractivity contribution in [2.24, 2.45) is 23.7 Å². The molecule has 0 aliphatic carbocycles. The first-order valence-corrected chi connectivity index (χ1v) is 24.1. The Morgan fingerprint density at radius 1 is 0.544 bits per heavy atom. The van der Waals surface area contributed by atoms with E-state index in [1.807, 2.05) is 55.4 Å². The number of hydrogen-bond donors (Lipinski definition) is 3. The predicted octanol–water partition coefficient (Wildman–Crippen LogP) is 5.41. The average molecular weight is 953 g/mol. The number of aldehydes is 1. The van der Waals surface area contributed by atoms with Crippen LogP contribution in [0, 0.1) is 23.7 Å². The number of aliphatic hydroxyl groups is 1. The lowest BCUT2D eigenvalue weighted by atomic mass is 10.00. The fourth-order valence-corrected chi connectivity index (χ4v) is 8.25. The molecule has 16 heteroatoms. The monoisotopic (exact) mass is 953 g/mol. The van der Waals surface area contributed by atoms with Crippen LogP contribution in [0.2, 0.25) is 0 Å². The number of para-hydroxylation sites is 2. The molecule has 0 saturated carbocycles. The lowest BCUT2D eigenvalue weighted by molar-refractivity contribution is -0.169. The number of likely N-dealkylation sites (N-methyl/N-ethyl adjacent to an activating group) is 4. The molecule has 382 valence electrons. The summed E-state index contributed by atoms with van der Waals surface area (Å²) in [6.07, 6.45) is -2.07. The number of esters is 3. The zero-order valence-corrected chi connectivity index (χ0v) is 43.3. The number of rotatable bonds is 29. The van der Waals surface area contributed by atoms with Crippen LogP contribution in [-0.4, -0.2) is 151 Å². The number of anilines is 2. The SMILES string of the molecule is CC(C)CC(C(=O)OC(Cc1ccccc1N)C(=O)N(C)C(C=O)CC(C)C)N(C)CC(C)OC(=O)C(CC(C)C)N(C)C(=O)C(Cc1ccccc1N)OC(=O)C(CC(C)C)N(C)CC(C)O. The van der Waals surface area contributed by atoms with Gasteiger partial charge >= 0.3 is 17.9 Å². The molecule has 2 amide bonds. The van der Waals surface area contributed by atoms with Crippen LogP contribution in [0.3, 0.4) is 0 Å². The summed E-state index contributed by atoms with van der Waals surface area (Å²) < 4.78 is 18.2. The minimum absolute atomic E-state index is 0.0121. The van der Waals surface area contributed by atoms with Gasteiger partial charge in [-0.2, -0.15) is 0 Å². The number of nitrogen functional groups attached to an aromatic ring is 2. The third-order valence-corrected chi connectivity index (χ3v) is 11.9. The van der Waals surface area contributed by atoms with E-state index in [0.29, 0.717) is 41.8 Å². The van der Waals surface area contributed by atoms with Crippen molar-refractivity contribution in [3.05, 3.63) is 59.7 Å². The second kappa shape index (κ2) is 28.4. The second-order valence-electron chi connectivity index (χ2n) is 20.3. The quantitative estimate of drug-likeness (QED) is 0.0403. The maximum atomic E-state index is 14.6. The van der Waals surface area contributed by atoms with Gasteiger partial charge in [0.25, 0.3) is 11.8 Å². The highest BCUT2D eigenvalue weighted by Gasteiger charge is 2.39. The minimum Gasteiger partial charge on any atom is -0.460 e. The van der Waals surface area contributed by atoms with Gasteiger partial charge in [-0.05, 0) is 101 Å². The molecule has 2 aromatic carbocycles. The standard InChI is InChI=1S/C52H84N6O10/c1-32(2)23-40(31-59)57(13)48(61)46(27-38-19-15-17-21-41(38)53)67-51(64)44(25-34(5)6)56(12)30-37(10)66-52(65)45(26-35(7)8)58(14)49(62)47(28-39-20-16-18-22-42(39)54)68-50(63)43(24-33(3)4)55(11)29-36(9)60/h15-22,31-37,40,43-47,60H,23-30,53-54H2,1-14H3. The molecule has 0 aliphatic heterocycles. The molecule has 5 N–H and O–H groups in total. The van der Waals surface area contributed by atoms with Gasteiger partial charge in [-0.25, -0.2) is 4.79 Å². The Kier molecular flexibility index (Phi) is 24.7. The van der Waals surface area contributed by atoms with Gasteiger partial charge in [-0.15, -0.1) is 0 Å². The van der Waals surface area contributed by atoms with Gasteiger partial charge in [-0.3, -0.25) is 29.0 Å². The summed E-state index contributed by atoms with van der Waals surface area (Å²) in [5.74, 6) is -2.97. The van der Waals surface area contributed by atoms with Crippen molar-refractivity contribution in [1.82, 2.24) is 19.6 Å². The number of nitrogens with zero attached hydrogens (tertiary/aromatic N) is 4. The molecule has 68 heavy (non-hydrogen) atoms. The van der Waals surface area contributed by atoms with Crippen LogP contribution in [0.5, 0.6) is 0 Å². The molecule has 0 bridgehead atoms. The van der Waals surface area contributed by atoms with E-state index < -0.39 is 78.3 Å². The summed E-state index contributed by atoms with van der Waals surface area (Å²) in [4.78, 5) is 89.4. The summed E-state index contributed by atoms with van der Waals surface area (Å²) in [5.41, 5.74) is 14.6. The van der Waals surface area contributed by atoms with Gasteiger partial charge in [0.1, 0.15) is 30.5 Å². The van der Waals surface area contributed by atoms with Gasteiger partial charge in [0.15, 0.2) is 12.2 Å². The molecule has 0 radical (unpaired) electrons. The molecule has 0 spiro atoms. The molecule has 8 unspecified atom stereocenters. The van der Waals surface area contributed by atoms with E-state index in [1.165, 1.54) is 23.9 Å². The number of ether oxygens (including phenoxy) is 3. The van der Waals surface area contributed by atoms with Crippen molar-refractivity contribution in [2.75, 3.05) is 52.7 Å². The maximum Gasteiger partial charge on any atom is 0.329 e. The highest BCUT2D eigenvalue weighted by atomic mass is 16.6. The lowest BCUT2D eigenvalue weighted by Crippen LogP contribution is -2.52. The van der Waals surface area contributed by atoms with E-state index in [-0.39, 0.29) is 56.0 Å². The van der Waals surface area contributed by atoms with Gasteiger partial charge < -0.3 is 45.4 Å². The second-order valence-corrected chi connectivity index (χ2v) is 20.3. The molecule has 0 heterocycles. The Bertz CT molecular complexity index is 1920. The Morgan fingerprint density at radius 3 is 1.29 bits per heavy atom. The largest absolute Gasteiger partial charge is 0.460 e. The van der Waals surface area contributed by atoms with Crippen LogP contribution < -0.4 is 11.5 Å². The number of carbonyl (C=O) groups is 6. The summed E-state index contributed by atoms with van der Waals surface area (Å²) in [7, 11) is 6.45. The molecule has 0 fully saturated rings. The third-order valence-electron chi connectivity index (χ3n) is 11.9. The smallest absolute Gasteiger partial charge is 0.329 e. The fraction of sp³-hybridized carbons (Fsp3) is 0.654. The Labute approximate surface area is 406 Å². The lowest BCUT2D eigenvalue weighted by Gasteiger charge is -2.34. The number of aliphatic hydroxyl groups excluding tert-OH is 1. The van der Waals surface area contributed by atoms with E-state index in [9.17, 15) is 33.9 Å². The molecule has 0 aromatic heterocycles. The third kappa shape index (κ3) is 19.1. The number of hydrogen-bond acceptors (Lipinski definition) is 14. The number of nitrogens with two attached hydrogens (primary N) is 2. The number of amides is 2. The Morgan fingerprint density at radius 2 is 0.912 bits per heavy atom. The van der Waals surface area contributed by atoms with Crippen LogP contribution in [0.1, 0.15) is 106 Å². The summed E-state index contributed by atoms with van der Waals surface area (Å²) >= 11 is 0. The Hall–Kier alpha value is -5.06. The average Bonchev–Trinajstić information content (AvgIpc) is 3.24. The van der Waals surface area contributed by atoms with E-state index in [4.69, 9.17) is 25.7 Å². The minimum atomic E-state index is -1.35. The molecule has 0 aliphatic rings. The highest BCUT2D eigenvalue weighted by Crippen LogP contribution is 2.24. The molecule has 0 saturated heterocycles. The molecule has 2 rings (SSSR count). The zero-order valence-electron chi connectivity index (χ0n) is 43.3. The van der Waals surface area contributed by atoms with Gasteiger partial charge in [0, 0.05) is 51.4 Å². The summed E-state index contributed by atoms with van der Waals surface area (Å²) in [5, 5.41) is 10.1. The molecule has 16 nitrogen and oxygen atoms in total. The van der Waals surface area contributed by atoms with Crippen molar-refractivity contribution in [3.63, 3.8) is 0 Å². The normalized spacial score (nSPS) is 15.4.